The number of hydrogen-bond donors (Lipinski definition) is 2. The molecule has 2 unspecified atom stereocenters. The lowest BCUT2D eigenvalue weighted by atomic mass is 9.90. The normalized spacial score (nSPS) is 17.0. The largest absolute Gasteiger partial charge is 0.479 e. The number of ether oxygens (including phenoxy) is 3. The number of hydrogen-bond acceptors (Lipinski definition) is 6. The Morgan fingerprint density at radius 2 is 1.50 bits per heavy atom. The molecule has 42 heavy (non-hydrogen) atoms. The molecule has 1 aliphatic carbocycles. The van der Waals surface area contributed by atoms with Gasteiger partial charge in [-0.15, -0.1) is 0 Å². The summed E-state index contributed by atoms with van der Waals surface area (Å²) in [5, 5.41) is 12.4. The average molecular weight is 573 g/mol. The summed E-state index contributed by atoms with van der Waals surface area (Å²) in [6.45, 7) is 2.44. The van der Waals surface area contributed by atoms with Crippen molar-refractivity contribution in [1.82, 2.24) is 10.2 Å². The van der Waals surface area contributed by atoms with E-state index in [-0.39, 0.29) is 51.0 Å². The van der Waals surface area contributed by atoms with E-state index < -0.39 is 29.8 Å². The molecule has 3 aromatic carbocycles. The molecule has 0 aromatic heterocycles. The van der Waals surface area contributed by atoms with Crippen molar-refractivity contribution in [3.63, 3.8) is 0 Å². The number of rotatable bonds is 10. The Morgan fingerprint density at radius 3 is 2.07 bits per heavy atom. The Kier molecular flexibility index (Phi) is 8.89. The number of fused-ring (bicyclic) bond motifs is 3. The van der Waals surface area contributed by atoms with Crippen LogP contribution in [0.2, 0.25) is 0 Å². The Hall–Kier alpha value is -4.21. The third-order valence-corrected chi connectivity index (χ3v) is 8.37. The number of piperidine rings is 1. The molecule has 0 bridgehead atoms. The first-order chi connectivity index (χ1) is 20.3. The summed E-state index contributed by atoms with van der Waals surface area (Å²) in [5.41, 5.74) is 4.02. The number of amides is 2. The third-order valence-electron chi connectivity index (χ3n) is 8.37. The Bertz CT molecular complexity index is 1370. The molecule has 1 fully saturated rings. The quantitative estimate of drug-likeness (QED) is 0.365. The molecule has 0 spiro atoms. The molecule has 3 aromatic rings. The highest BCUT2D eigenvalue weighted by Gasteiger charge is 2.44. The van der Waals surface area contributed by atoms with Gasteiger partial charge in [0, 0.05) is 39.0 Å². The molecule has 1 heterocycles. The van der Waals surface area contributed by atoms with Crippen molar-refractivity contribution < 1.29 is 33.7 Å². The van der Waals surface area contributed by atoms with Crippen LogP contribution in [0.4, 0.5) is 4.79 Å². The van der Waals surface area contributed by atoms with E-state index in [0.29, 0.717) is 0 Å². The van der Waals surface area contributed by atoms with Crippen molar-refractivity contribution >= 4 is 18.0 Å². The molecule has 2 atom stereocenters. The van der Waals surface area contributed by atoms with E-state index in [4.69, 9.17) is 14.2 Å². The van der Waals surface area contributed by atoms with E-state index in [9.17, 15) is 19.5 Å². The molecule has 1 saturated heterocycles. The molecule has 2 aliphatic rings. The van der Waals surface area contributed by atoms with Crippen LogP contribution in [0.3, 0.4) is 0 Å². The number of carboxylic acids is 1. The summed E-state index contributed by atoms with van der Waals surface area (Å²) in [5.74, 6) is -1.53. The number of aliphatic carboxylic acids is 1. The lowest BCUT2D eigenvalue weighted by Crippen LogP contribution is -2.58. The minimum Gasteiger partial charge on any atom is -0.479 e. The van der Waals surface area contributed by atoms with Crippen molar-refractivity contribution in [3.05, 3.63) is 95.6 Å². The van der Waals surface area contributed by atoms with Crippen molar-refractivity contribution in [2.75, 3.05) is 26.8 Å². The van der Waals surface area contributed by atoms with Gasteiger partial charge < -0.3 is 29.5 Å². The Labute approximate surface area is 245 Å². The topological polar surface area (TPSA) is 114 Å². The van der Waals surface area contributed by atoms with Gasteiger partial charge in [0.1, 0.15) is 12.6 Å². The lowest BCUT2D eigenvalue weighted by Gasteiger charge is -2.39. The maximum absolute atomic E-state index is 13.7. The highest BCUT2D eigenvalue weighted by Crippen LogP contribution is 2.44. The molecule has 220 valence electrons. The number of nitrogens with zero attached hydrogens (tertiary/aromatic N) is 1. The molecule has 0 radical (unpaired) electrons. The fourth-order valence-electron chi connectivity index (χ4n) is 5.84. The van der Waals surface area contributed by atoms with E-state index >= 15 is 0 Å². The summed E-state index contributed by atoms with van der Waals surface area (Å²) < 4.78 is 17.1. The molecule has 1 aliphatic heterocycles. The zero-order valence-electron chi connectivity index (χ0n) is 23.8. The van der Waals surface area contributed by atoms with E-state index in [2.05, 4.69) is 17.4 Å². The summed E-state index contributed by atoms with van der Waals surface area (Å²) >= 11 is 0. The van der Waals surface area contributed by atoms with Gasteiger partial charge in [-0.1, -0.05) is 78.9 Å². The molecular formula is C33H36N2O7. The second kappa shape index (κ2) is 12.8. The maximum atomic E-state index is 13.7. The van der Waals surface area contributed by atoms with E-state index in [1.807, 2.05) is 66.7 Å². The van der Waals surface area contributed by atoms with Crippen LogP contribution in [-0.4, -0.2) is 72.5 Å². The number of likely N-dealkylation sites (tertiary alicyclic amines) is 1. The monoisotopic (exact) mass is 572 g/mol. The predicted octanol–water partition coefficient (Wildman–Crippen LogP) is 4.59. The van der Waals surface area contributed by atoms with Gasteiger partial charge in [-0.25, -0.2) is 9.59 Å². The SMILES string of the molecule is COC1(C(=O)O)CCN(C(=O)C(NC(=O)OCC2c3ccccc3-c3ccccc32)C(C)OCc2ccccc2)CC1. The smallest absolute Gasteiger partial charge is 0.407 e. The first kappa shape index (κ1) is 29.3. The van der Waals surface area contributed by atoms with Gasteiger partial charge in [0.2, 0.25) is 5.91 Å². The van der Waals surface area contributed by atoms with Crippen LogP contribution in [0.5, 0.6) is 0 Å². The lowest BCUT2D eigenvalue weighted by molar-refractivity contribution is -0.170. The molecule has 2 N–H and O–H groups in total. The molecule has 2 amide bonds. The number of benzene rings is 3. The first-order valence-corrected chi connectivity index (χ1v) is 14.2. The van der Waals surface area contributed by atoms with Gasteiger partial charge in [-0.3, -0.25) is 4.79 Å². The number of carbonyl (C=O) groups is 3. The maximum Gasteiger partial charge on any atom is 0.407 e. The van der Waals surface area contributed by atoms with Gasteiger partial charge in [-0.05, 0) is 34.7 Å². The van der Waals surface area contributed by atoms with Crippen LogP contribution in [0.25, 0.3) is 11.1 Å². The van der Waals surface area contributed by atoms with E-state index in [1.54, 1.807) is 11.8 Å². The van der Waals surface area contributed by atoms with Crippen molar-refractivity contribution in [2.45, 2.75) is 50.0 Å². The number of alkyl carbamates (subject to hydrolysis) is 1. The molecular weight excluding hydrogens is 536 g/mol. The van der Waals surface area contributed by atoms with E-state index in [0.717, 1.165) is 27.8 Å². The van der Waals surface area contributed by atoms with Gasteiger partial charge in [0.25, 0.3) is 0 Å². The second-order valence-electron chi connectivity index (χ2n) is 10.8. The summed E-state index contributed by atoms with van der Waals surface area (Å²) in [6.07, 6.45) is -1.13. The summed E-state index contributed by atoms with van der Waals surface area (Å²) in [7, 11) is 1.37. The Balaban J connectivity index is 1.28. The van der Waals surface area contributed by atoms with Gasteiger partial charge in [0.15, 0.2) is 5.60 Å². The minimum absolute atomic E-state index is 0.110. The average Bonchev–Trinajstić information content (AvgIpc) is 3.35. The fraction of sp³-hybridized carbons (Fsp3) is 0.364. The molecule has 9 nitrogen and oxygen atoms in total. The van der Waals surface area contributed by atoms with Crippen LogP contribution in [0, 0.1) is 0 Å². The summed E-state index contributed by atoms with van der Waals surface area (Å²) in [4.78, 5) is 40.3. The van der Waals surface area contributed by atoms with Crippen molar-refractivity contribution in [2.24, 2.45) is 0 Å². The van der Waals surface area contributed by atoms with Crippen LogP contribution in [-0.2, 0) is 30.4 Å². The second-order valence-corrected chi connectivity index (χ2v) is 10.8. The van der Waals surface area contributed by atoms with Gasteiger partial charge in [0.05, 0.1) is 12.7 Å². The number of carboxylic acid groups (broad SMARTS) is 1. The first-order valence-electron chi connectivity index (χ1n) is 14.2. The third kappa shape index (κ3) is 6.03. The van der Waals surface area contributed by atoms with Gasteiger partial charge in [-0.2, -0.15) is 0 Å². The Morgan fingerprint density at radius 1 is 0.929 bits per heavy atom. The van der Waals surface area contributed by atoms with Crippen LogP contribution in [0.1, 0.15) is 42.4 Å². The summed E-state index contributed by atoms with van der Waals surface area (Å²) in [6, 6.07) is 24.7. The highest BCUT2D eigenvalue weighted by atomic mass is 16.6. The van der Waals surface area contributed by atoms with Crippen LogP contribution >= 0.6 is 0 Å². The van der Waals surface area contributed by atoms with Gasteiger partial charge >= 0.3 is 12.1 Å². The van der Waals surface area contributed by atoms with Crippen molar-refractivity contribution in [1.29, 1.82) is 0 Å². The zero-order chi connectivity index (χ0) is 29.7. The number of nitrogens with one attached hydrogen (secondary N) is 1. The fourth-order valence-corrected chi connectivity index (χ4v) is 5.84. The molecule has 5 rings (SSSR count). The van der Waals surface area contributed by atoms with Crippen LogP contribution < -0.4 is 5.32 Å². The van der Waals surface area contributed by atoms with E-state index in [1.165, 1.54) is 7.11 Å². The standard InChI is InChI=1S/C33H36N2O7/c1-22(41-20-23-10-4-3-5-11-23)29(30(36)35-18-16-33(40-2,17-19-35)31(37)38)34-32(39)42-21-28-26-14-8-6-12-24(26)25-13-7-9-15-27(25)28/h3-15,22,28-29H,16-21H2,1-2H3,(H,34,39)(H,37,38). The van der Waals surface area contributed by atoms with Crippen molar-refractivity contribution in [3.8, 4) is 11.1 Å². The zero-order valence-corrected chi connectivity index (χ0v) is 23.8. The molecule has 9 heteroatoms. The number of carbonyl (C=O) groups excluding carboxylic acids is 2. The van der Waals surface area contributed by atoms with Crippen LogP contribution in [0.15, 0.2) is 78.9 Å². The highest BCUT2D eigenvalue weighted by molar-refractivity contribution is 5.87. The molecule has 0 saturated carbocycles. The predicted molar refractivity (Wildman–Crippen MR) is 156 cm³/mol. The minimum atomic E-state index is -1.33. The number of methoxy groups -OCH3 is 1.